The second kappa shape index (κ2) is 4.90. The van der Waals surface area contributed by atoms with Crippen molar-refractivity contribution < 1.29 is 4.79 Å². The monoisotopic (exact) mass is 284 g/mol. The molecule has 3 nitrogen and oxygen atoms in total. The van der Waals surface area contributed by atoms with Crippen molar-refractivity contribution in [3.8, 4) is 0 Å². The molecule has 0 aliphatic heterocycles. The fraction of sp³-hybridized carbons (Fsp3) is 0.500. The van der Waals surface area contributed by atoms with Gasteiger partial charge in [0.2, 0.25) is 5.91 Å². The lowest BCUT2D eigenvalue weighted by Gasteiger charge is -2.23. The summed E-state index contributed by atoms with van der Waals surface area (Å²) in [4.78, 5) is 11.6. The molecule has 1 aliphatic rings. The van der Waals surface area contributed by atoms with Crippen LogP contribution < -0.4 is 5.73 Å². The predicted octanol–water partition coefficient (Wildman–Crippen LogP) is 3.43. The number of benzene rings is 1. The molecule has 0 saturated carbocycles. The van der Waals surface area contributed by atoms with Gasteiger partial charge in [0.1, 0.15) is 0 Å². The molecule has 0 radical (unpaired) electrons. The first-order valence-electron chi connectivity index (χ1n) is 7.82. The molecule has 1 amide bonds. The first kappa shape index (κ1) is 14.2. The van der Waals surface area contributed by atoms with Crippen LogP contribution in [0, 0.1) is 19.8 Å². The van der Waals surface area contributed by atoms with Crippen LogP contribution in [0.15, 0.2) is 12.1 Å². The minimum atomic E-state index is -0.157. The Balaban J connectivity index is 2.28. The van der Waals surface area contributed by atoms with Crippen molar-refractivity contribution in [3.63, 3.8) is 0 Å². The van der Waals surface area contributed by atoms with Crippen molar-refractivity contribution >= 4 is 16.8 Å². The Morgan fingerprint density at radius 3 is 2.57 bits per heavy atom. The molecule has 0 fully saturated rings. The summed E-state index contributed by atoms with van der Waals surface area (Å²) in [6.45, 7) is 8.78. The Morgan fingerprint density at radius 2 is 1.95 bits per heavy atom. The van der Waals surface area contributed by atoms with E-state index in [-0.39, 0.29) is 11.8 Å². The van der Waals surface area contributed by atoms with E-state index in [0.717, 1.165) is 19.3 Å². The van der Waals surface area contributed by atoms with E-state index >= 15 is 0 Å². The minimum Gasteiger partial charge on any atom is -0.369 e. The average Bonchev–Trinajstić information content (AvgIpc) is 2.72. The van der Waals surface area contributed by atoms with Crippen LogP contribution in [0.3, 0.4) is 0 Å². The maximum absolute atomic E-state index is 11.6. The molecule has 1 atom stereocenters. The van der Waals surface area contributed by atoms with Crippen LogP contribution in [0.2, 0.25) is 0 Å². The van der Waals surface area contributed by atoms with Crippen LogP contribution >= 0.6 is 0 Å². The molecular formula is C18H24N2O. The van der Waals surface area contributed by atoms with Gasteiger partial charge in [0.15, 0.2) is 0 Å². The number of fused-ring (bicyclic) bond motifs is 3. The van der Waals surface area contributed by atoms with Crippen LogP contribution in [0.25, 0.3) is 10.9 Å². The number of hydrogen-bond acceptors (Lipinski definition) is 1. The van der Waals surface area contributed by atoms with Crippen molar-refractivity contribution in [1.82, 2.24) is 4.57 Å². The number of primary amides is 1. The zero-order valence-corrected chi connectivity index (χ0v) is 13.4. The molecule has 3 heteroatoms. The van der Waals surface area contributed by atoms with Crippen LogP contribution in [-0.2, 0) is 17.6 Å². The molecule has 0 bridgehead atoms. The molecule has 1 heterocycles. The van der Waals surface area contributed by atoms with Gasteiger partial charge < -0.3 is 10.3 Å². The van der Waals surface area contributed by atoms with Crippen molar-refractivity contribution in [2.75, 3.05) is 0 Å². The lowest BCUT2D eigenvalue weighted by atomic mass is 9.85. The van der Waals surface area contributed by atoms with Gasteiger partial charge in [0.05, 0.1) is 0 Å². The minimum absolute atomic E-state index is 0.00896. The first-order chi connectivity index (χ1) is 9.90. The molecule has 2 aromatic rings. The standard InChI is InChI=1S/C18H24N2O/c1-10(2)20-16-6-5-13(18(19)21)9-15(16)14-7-11(3)12(4)8-17(14)20/h7-8,10,13H,5-6,9H2,1-4H3,(H2,19,21). The Kier molecular flexibility index (Phi) is 3.31. The van der Waals surface area contributed by atoms with E-state index < -0.39 is 0 Å². The SMILES string of the molecule is Cc1cc2c3c(n(C(C)C)c2cc1C)CCC(C(N)=O)C3. The number of rotatable bonds is 2. The quantitative estimate of drug-likeness (QED) is 0.902. The fourth-order valence-corrected chi connectivity index (χ4v) is 3.68. The highest BCUT2D eigenvalue weighted by molar-refractivity contribution is 5.89. The highest BCUT2D eigenvalue weighted by atomic mass is 16.1. The topological polar surface area (TPSA) is 48.0 Å². The fourth-order valence-electron chi connectivity index (χ4n) is 3.68. The maximum atomic E-state index is 11.6. The number of carbonyl (C=O) groups excluding carboxylic acids is 1. The van der Waals surface area contributed by atoms with Crippen molar-refractivity contribution in [2.24, 2.45) is 11.7 Å². The lowest BCUT2D eigenvalue weighted by Crippen LogP contribution is -2.29. The van der Waals surface area contributed by atoms with E-state index in [2.05, 4.69) is 44.4 Å². The molecule has 2 N–H and O–H groups in total. The molecule has 3 rings (SSSR count). The third-order valence-electron chi connectivity index (χ3n) is 4.93. The molecule has 112 valence electrons. The van der Waals surface area contributed by atoms with Gasteiger partial charge in [-0.25, -0.2) is 0 Å². The first-order valence-corrected chi connectivity index (χ1v) is 7.82. The molecule has 0 spiro atoms. The van der Waals surface area contributed by atoms with Gasteiger partial charge >= 0.3 is 0 Å². The summed E-state index contributed by atoms with van der Waals surface area (Å²) in [5.41, 5.74) is 12.2. The summed E-state index contributed by atoms with van der Waals surface area (Å²) in [7, 11) is 0. The Bertz CT molecular complexity index is 725. The second-order valence-corrected chi connectivity index (χ2v) is 6.68. The van der Waals surface area contributed by atoms with Gasteiger partial charge in [-0.2, -0.15) is 0 Å². The summed E-state index contributed by atoms with van der Waals surface area (Å²) < 4.78 is 2.45. The third-order valence-corrected chi connectivity index (χ3v) is 4.93. The maximum Gasteiger partial charge on any atom is 0.220 e. The Morgan fingerprint density at radius 1 is 1.29 bits per heavy atom. The van der Waals surface area contributed by atoms with E-state index in [1.807, 2.05) is 0 Å². The summed E-state index contributed by atoms with van der Waals surface area (Å²) in [5, 5.41) is 1.31. The number of nitrogens with two attached hydrogens (primary N) is 1. The van der Waals surface area contributed by atoms with Gasteiger partial charge in [-0.15, -0.1) is 0 Å². The third kappa shape index (κ3) is 2.15. The summed E-state index contributed by atoms with van der Waals surface area (Å²) in [5.74, 6) is -0.166. The number of amides is 1. The second-order valence-electron chi connectivity index (χ2n) is 6.68. The summed E-state index contributed by atoms with van der Waals surface area (Å²) >= 11 is 0. The summed E-state index contributed by atoms with van der Waals surface area (Å²) in [6.07, 6.45) is 2.63. The highest BCUT2D eigenvalue weighted by Crippen LogP contribution is 2.37. The largest absolute Gasteiger partial charge is 0.369 e. The van der Waals surface area contributed by atoms with E-state index in [1.54, 1.807) is 0 Å². The number of hydrogen-bond donors (Lipinski definition) is 1. The van der Waals surface area contributed by atoms with E-state index in [1.165, 1.54) is 33.3 Å². The lowest BCUT2D eigenvalue weighted by molar-refractivity contribution is -0.122. The molecule has 1 aromatic carbocycles. The van der Waals surface area contributed by atoms with Gasteiger partial charge in [-0.3, -0.25) is 4.79 Å². The molecular weight excluding hydrogens is 260 g/mol. The Labute approximate surface area is 126 Å². The van der Waals surface area contributed by atoms with Crippen molar-refractivity contribution in [3.05, 3.63) is 34.5 Å². The average molecular weight is 284 g/mol. The smallest absolute Gasteiger partial charge is 0.220 e. The molecule has 0 saturated heterocycles. The van der Waals surface area contributed by atoms with Crippen molar-refractivity contribution in [2.45, 2.75) is 53.0 Å². The zero-order valence-electron chi connectivity index (χ0n) is 13.4. The van der Waals surface area contributed by atoms with Gasteiger partial charge in [-0.1, -0.05) is 0 Å². The van der Waals surface area contributed by atoms with E-state index in [4.69, 9.17) is 5.73 Å². The normalized spacial score (nSPS) is 18.2. The van der Waals surface area contributed by atoms with Crippen LogP contribution in [-0.4, -0.2) is 10.5 Å². The number of aromatic nitrogens is 1. The van der Waals surface area contributed by atoms with Gasteiger partial charge in [0, 0.05) is 28.6 Å². The van der Waals surface area contributed by atoms with Gasteiger partial charge in [-0.05, 0) is 75.8 Å². The van der Waals surface area contributed by atoms with Crippen LogP contribution in [0.5, 0.6) is 0 Å². The summed E-state index contributed by atoms with van der Waals surface area (Å²) in [6, 6.07) is 5.01. The number of nitrogens with zero attached hydrogens (tertiary/aromatic N) is 1. The molecule has 1 aromatic heterocycles. The van der Waals surface area contributed by atoms with E-state index in [9.17, 15) is 4.79 Å². The Hall–Kier alpha value is -1.77. The van der Waals surface area contributed by atoms with Crippen molar-refractivity contribution in [1.29, 1.82) is 0 Å². The van der Waals surface area contributed by atoms with Crippen LogP contribution in [0.4, 0.5) is 0 Å². The molecule has 1 unspecified atom stereocenters. The number of carbonyl (C=O) groups is 1. The highest BCUT2D eigenvalue weighted by Gasteiger charge is 2.28. The van der Waals surface area contributed by atoms with Gasteiger partial charge in [0.25, 0.3) is 0 Å². The molecule has 1 aliphatic carbocycles. The zero-order chi connectivity index (χ0) is 15.3. The number of aryl methyl sites for hydroxylation is 2. The predicted molar refractivity (Wildman–Crippen MR) is 86.5 cm³/mol. The van der Waals surface area contributed by atoms with E-state index in [0.29, 0.717) is 6.04 Å². The molecule has 21 heavy (non-hydrogen) atoms. The van der Waals surface area contributed by atoms with Crippen LogP contribution in [0.1, 0.15) is 48.7 Å².